The van der Waals surface area contributed by atoms with Crippen LogP contribution in [-0.2, 0) is 5.75 Å². The second-order valence-corrected chi connectivity index (χ2v) is 4.83. The summed E-state index contributed by atoms with van der Waals surface area (Å²) in [5.74, 6) is 2.12. The standard InChI is InChI=1S/C12H19NOS/c1-10(13)12(7-14)9-15-8-11-5-3-2-4-6-11/h2-6,10,12,14H,7-9,13H2,1H3. The van der Waals surface area contributed by atoms with E-state index in [0.717, 1.165) is 11.5 Å². The van der Waals surface area contributed by atoms with Crippen LogP contribution in [0.2, 0.25) is 0 Å². The fraction of sp³-hybridized carbons (Fsp3) is 0.500. The van der Waals surface area contributed by atoms with E-state index in [2.05, 4.69) is 12.1 Å². The lowest BCUT2D eigenvalue weighted by atomic mass is 10.1. The van der Waals surface area contributed by atoms with Crippen molar-refractivity contribution in [2.24, 2.45) is 11.7 Å². The molecule has 0 fully saturated rings. The van der Waals surface area contributed by atoms with Crippen molar-refractivity contribution in [1.29, 1.82) is 0 Å². The fourth-order valence-electron chi connectivity index (χ4n) is 1.27. The molecule has 1 aromatic carbocycles. The lowest BCUT2D eigenvalue weighted by molar-refractivity contribution is 0.224. The molecule has 2 atom stereocenters. The summed E-state index contributed by atoms with van der Waals surface area (Å²) in [5, 5.41) is 9.10. The van der Waals surface area contributed by atoms with Crippen molar-refractivity contribution in [3.8, 4) is 0 Å². The van der Waals surface area contributed by atoms with Crippen LogP contribution in [0.4, 0.5) is 0 Å². The third kappa shape index (κ3) is 4.69. The number of nitrogens with two attached hydrogens (primary N) is 1. The van der Waals surface area contributed by atoms with Gasteiger partial charge in [0.1, 0.15) is 0 Å². The molecule has 1 rings (SSSR count). The Kier molecular flexibility index (Phi) is 5.76. The van der Waals surface area contributed by atoms with Crippen molar-refractivity contribution in [2.75, 3.05) is 12.4 Å². The van der Waals surface area contributed by atoms with Crippen LogP contribution in [0.3, 0.4) is 0 Å². The molecule has 0 bridgehead atoms. The Hall–Kier alpha value is -0.510. The normalized spacial score (nSPS) is 14.9. The Morgan fingerprint density at radius 3 is 2.53 bits per heavy atom. The topological polar surface area (TPSA) is 46.2 Å². The van der Waals surface area contributed by atoms with Crippen LogP contribution in [0, 0.1) is 5.92 Å². The van der Waals surface area contributed by atoms with Crippen LogP contribution in [-0.4, -0.2) is 23.5 Å². The smallest absolute Gasteiger partial charge is 0.0481 e. The van der Waals surface area contributed by atoms with Gasteiger partial charge in [0.05, 0.1) is 0 Å². The second-order valence-electron chi connectivity index (χ2n) is 3.80. The third-order valence-corrected chi connectivity index (χ3v) is 3.62. The molecular formula is C12H19NOS. The molecule has 0 radical (unpaired) electrons. The van der Waals surface area contributed by atoms with Gasteiger partial charge >= 0.3 is 0 Å². The quantitative estimate of drug-likeness (QED) is 0.777. The Bertz CT molecular complexity index is 264. The monoisotopic (exact) mass is 225 g/mol. The van der Waals surface area contributed by atoms with Gasteiger partial charge in [-0.1, -0.05) is 30.3 Å². The highest BCUT2D eigenvalue weighted by Gasteiger charge is 2.11. The fourth-order valence-corrected chi connectivity index (χ4v) is 2.53. The Morgan fingerprint density at radius 2 is 2.00 bits per heavy atom. The first kappa shape index (κ1) is 12.6. The number of aliphatic hydroxyl groups excluding tert-OH is 1. The molecular weight excluding hydrogens is 206 g/mol. The van der Waals surface area contributed by atoms with Gasteiger partial charge in [-0.15, -0.1) is 0 Å². The van der Waals surface area contributed by atoms with E-state index < -0.39 is 0 Å². The van der Waals surface area contributed by atoms with Crippen LogP contribution in [0.5, 0.6) is 0 Å². The molecule has 0 aliphatic carbocycles. The molecule has 3 heteroatoms. The predicted molar refractivity (Wildman–Crippen MR) is 66.8 cm³/mol. The zero-order valence-corrected chi connectivity index (χ0v) is 9.91. The van der Waals surface area contributed by atoms with E-state index in [1.165, 1.54) is 5.56 Å². The van der Waals surface area contributed by atoms with Crippen molar-refractivity contribution in [3.63, 3.8) is 0 Å². The summed E-state index contributed by atoms with van der Waals surface area (Å²) in [5.41, 5.74) is 7.08. The summed E-state index contributed by atoms with van der Waals surface area (Å²) in [6, 6.07) is 10.4. The lowest BCUT2D eigenvalue weighted by Gasteiger charge is -2.17. The zero-order chi connectivity index (χ0) is 11.1. The summed E-state index contributed by atoms with van der Waals surface area (Å²) in [4.78, 5) is 0. The number of hydrogen-bond acceptors (Lipinski definition) is 3. The maximum atomic E-state index is 9.10. The first-order valence-electron chi connectivity index (χ1n) is 5.22. The average Bonchev–Trinajstić information content (AvgIpc) is 2.25. The largest absolute Gasteiger partial charge is 0.396 e. The molecule has 0 saturated carbocycles. The number of thioether (sulfide) groups is 1. The predicted octanol–water partition coefficient (Wildman–Crippen LogP) is 1.88. The minimum atomic E-state index is 0.0678. The van der Waals surface area contributed by atoms with E-state index in [1.807, 2.05) is 36.9 Å². The highest BCUT2D eigenvalue weighted by atomic mass is 32.2. The second kappa shape index (κ2) is 6.88. The van der Waals surface area contributed by atoms with Crippen molar-refractivity contribution in [3.05, 3.63) is 35.9 Å². The van der Waals surface area contributed by atoms with E-state index in [4.69, 9.17) is 10.8 Å². The Balaban J connectivity index is 2.27. The van der Waals surface area contributed by atoms with Crippen molar-refractivity contribution in [2.45, 2.75) is 18.7 Å². The van der Waals surface area contributed by atoms with E-state index in [9.17, 15) is 0 Å². The van der Waals surface area contributed by atoms with E-state index in [1.54, 1.807) is 0 Å². The number of benzene rings is 1. The third-order valence-electron chi connectivity index (χ3n) is 2.42. The molecule has 0 aliphatic rings. The zero-order valence-electron chi connectivity index (χ0n) is 9.10. The summed E-state index contributed by atoms with van der Waals surface area (Å²) in [7, 11) is 0. The minimum Gasteiger partial charge on any atom is -0.396 e. The molecule has 3 N–H and O–H groups in total. The summed E-state index contributed by atoms with van der Waals surface area (Å²) >= 11 is 1.83. The van der Waals surface area contributed by atoms with Gasteiger partial charge in [0, 0.05) is 30.1 Å². The molecule has 1 aromatic rings. The highest BCUT2D eigenvalue weighted by molar-refractivity contribution is 7.98. The van der Waals surface area contributed by atoms with E-state index >= 15 is 0 Å². The van der Waals surface area contributed by atoms with Gasteiger partial charge in [0.15, 0.2) is 0 Å². The van der Waals surface area contributed by atoms with Gasteiger partial charge in [-0.25, -0.2) is 0 Å². The maximum Gasteiger partial charge on any atom is 0.0481 e. The molecule has 84 valence electrons. The minimum absolute atomic E-state index is 0.0678. The average molecular weight is 225 g/mol. The van der Waals surface area contributed by atoms with Gasteiger partial charge in [-0.2, -0.15) is 11.8 Å². The van der Waals surface area contributed by atoms with Crippen LogP contribution >= 0.6 is 11.8 Å². The molecule has 0 spiro atoms. The Morgan fingerprint density at radius 1 is 1.33 bits per heavy atom. The molecule has 2 unspecified atom stereocenters. The first-order chi connectivity index (χ1) is 7.24. The Labute approximate surface area is 95.9 Å². The molecule has 0 heterocycles. The van der Waals surface area contributed by atoms with Crippen LogP contribution in [0.25, 0.3) is 0 Å². The number of hydrogen-bond donors (Lipinski definition) is 2. The summed E-state index contributed by atoms with van der Waals surface area (Å²) in [6.07, 6.45) is 0. The van der Waals surface area contributed by atoms with Crippen molar-refractivity contribution in [1.82, 2.24) is 0 Å². The van der Waals surface area contributed by atoms with Gasteiger partial charge in [-0.3, -0.25) is 0 Å². The highest BCUT2D eigenvalue weighted by Crippen LogP contribution is 2.16. The molecule has 0 aromatic heterocycles. The van der Waals surface area contributed by atoms with E-state index in [-0.39, 0.29) is 18.6 Å². The molecule has 0 aliphatic heterocycles. The summed E-state index contributed by atoms with van der Waals surface area (Å²) in [6.45, 7) is 2.13. The number of rotatable bonds is 6. The van der Waals surface area contributed by atoms with Gasteiger partial charge in [0.25, 0.3) is 0 Å². The van der Waals surface area contributed by atoms with Gasteiger partial charge in [-0.05, 0) is 12.5 Å². The van der Waals surface area contributed by atoms with Crippen LogP contribution in [0.1, 0.15) is 12.5 Å². The van der Waals surface area contributed by atoms with Crippen molar-refractivity contribution < 1.29 is 5.11 Å². The molecule has 0 saturated heterocycles. The SMILES string of the molecule is CC(N)C(CO)CSCc1ccccc1. The van der Waals surface area contributed by atoms with Gasteiger partial charge in [0.2, 0.25) is 0 Å². The van der Waals surface area contributed by atoms with Gasteiger partial charge < -0.3 is 10.8 Å². The lowest BCUT2D eigenvalue weighted by Crippen LogP contribution is -2.31. The van der Waals surface area contributed by atoms with E-state index in [0.29, 0.717) is 0 Å². The van der Waals surface area contributed by atoms with Crippen molar-refractivity contribution >= 4 is 11.8 Å². The molecule has 2 nitrogen and oxygen atoms in total. The first-order valence-corrected chi connectivity index (χ1v) is 6.37. The van der Waals surface area contributed by atoms with Crippen LogP contribution in [0.15, 0.2) is 30.3 Å². The molecule has 15 heavy (non-hydrogen) atoms. The maximum absolute atomic E-state index is 9.10. The van der Waals surface area contributed by atoms with Crippen LogP contribution < -0.4 is 5.73 Å². The molecule has 0 amide bonds. The summed E-state index contributed by atoms with van der Waals surface area (Å²) < 4.78 is 0. The number of aliphatic hydroxyl groups is 1.